The lowest BCUT2D eigenvalue weighted by Gasteiger charge is -2.33. The molecule has 1 N–H and O–H groups in total. The lowest BCUT2D eigenvalue weighted by atomic mass is 10.1. The zero-order valence-corrected chi connectivity index (χ0v) is 14.7. The van der Waals surface area contributed by atoms with Gasteiger partial charge in [-0.3, -0.25) is 4.79 Å². The molecule has 0 aliphatic carbocycles. The van der Waals surface area contributed by atoms with Gasteiger partial charge in [-0.15, -0.1) is 0 Å². The van der Waals surface area contributed by atoms with Gasteiger partial charge in [0.2, 0.25) is 0 Å². The second-order valence-corrected chi connectivity index (χ2v) is 6.40. The topological polar surface area (TPSA) is 61.4 Å². The van der Waals surface area contributed by atoms with E-state index in [1.54, 1.807) is 6.07 Å². The maximum Gasteiger partial charge on any atom is 0.270 e. The number of anilines is 1. The minimum absolute atomic E-state index is 0.133. The van der Waals surface area contributed by atoms with Crippen LogP contribution in [-0.2, 0) is 6.42 Å². The summed E-state index contributed by atoms with van der Waals surface area (Å²) >= 11 is 0. The van der Waals surface area contributed by atoms with E-state index in [0.29, 0.717) is 12.2 Å². The first-order chi connectivity index (χ1) is 12.2. The number of carbonyl (C=O) groups excluding carboxylic acids is 1. The predicted molar refractivity (Wildman–Crippen MR) is 98.8 cm³/mol. The minimum atomic E-state index is -0.133. The number of nitrogens with one attached hydrogen (secondary N) is 1. The van der Waals surface area contributed by atoms with Crippen LogP contribution >= 0.6 is 0 Å². The van der Waals surface area contributed by atoms with Crippen molar-refractivity contribution in [3.05, 3.63) is 54.0 Å². The fourth-order valence-electron chi connectivity index (χ4n) is 2.91. The first-order valence-electron chi connectivity index (χ1n) is 8.80. The molecule has 1 saturated heterocycles. The molecule has 6 nitrogen and oxygen atoms in total. The van der Waals surface area contributed by atoms with E-state index in [4.69, 9.17) is 0 Å². The number of aromatic nitrogens is 2. The average Bonchev–Trinajstić information content (AvgIpc) is 2.66. The van der Waals surface area contributed by atoms with Crippen LogP contribution in [0.3, 0.4) is 0 Å². The van der Waals surface area contributed by atoms with Crippen LogP contribution in [0.15, 0.2) is 42.7 Å². The van der Waals surface area contributed by atoms with Crippen LogP contribution in [-0.4, -0.2) is 60.5 Å². The van der Waals surface area contributed by atoms with Crippen molar-refractivity contribution in [2.24, 2.45) is 0 Å². The fraction of sp³-hybridized carbons (Fsp3) is 0.421. The van der Waals surface area contributed by atoms with Crippen LogP contribution in [0.25, 0.3) is 0 Å². The summed E-state index contributed by atoms with van der Waals surface area (Å²) in [5, 5.41) is 2.95. The van der Waals surface area contributed by atoms with Crippen LogP contribution < -0.4 is 10.2 Å². The number of likely N-dealkylation sites (N-methyl/N-ethyl adjacent to an activating group) is 1. The number of hydrogen-bond donors (Lipinski definition) is 1. The standard InChI is InChI=1S/C19H25N5O/c1-23-10-12-24(13-11-23)18-14-17(21-15-22-18)19(25)20-9-5-8-16-6-3-2-4-7-16/h2-4,6-7,14-15H,5,8-13H2,1H3,(H,20,25). The number of piperazine rings is 1. The SMILES string of the molecule is CN1CCN(c2cc(C(=O)NCCCc3ccccc3)ncn2)CC1. The van der Waals surface area contributed by atoms with E-state index in [0.717, 1.165) is 44.8 Å². The number of benzene rings is 1. The van der Waals surface area contributed by atoms with Gasteiger partial charge in [0.15, 0.2) is 0 Å². The van der Waals surface area contributed by atoms with Gasteiger partial charge in [0, 0.05) is 38.8 Å². The summed E-state index contributed by atoms with van der Waals surface area (Å²) in [6.07, 6.45) is 3.34. The normalized spacial score (nSPS) is 15.2. The molecule has 1 aromatic carbocycles. The van der Waals surface area contributed by atoms with Gasteiger partial charge < -0.3 is 15.1 Å². The molecule has 132 valence electrons. The van der Waals surface area contributed by atoms with Crippen LogP contribution in [0.2, 0.25) is 0 Å². The Labute approximate surface area is 148 Å². The van der Waals surface area contributed by atoms with Crippen molar-refractivity contribution < 1.29 is 4.79 Å². The van der Waals surface area contributed by atoms with Crippen molar-refractivity contribution in [2.75, 3.05) is 44.7 Å². The molecule has 0 bridgehead atoms. The molecule has 1 aromatic heterocycles. The maximum atomic E-state index is 12.3. The van der Waals surface area contributed by atoms with Gasteiger partial charge in [0.1, 0.15) is 17.8 Å². The maximum absolute atomic E-state index is 12.3. The third-order valence-corrected chi connectivity index (χ3v) is 4.48. The molecule has 0 spiro atoms. The van der Waals surface area contributed by atoms with E-state index in [1.165, 1.54) is 11.9 Å². The molecule has 0 saturated carbocycles. The van der Waals surface area contributed by atoms with Crippen LogP contribution in [0.4, 0.5) is 5.82 Å². The number of carbonyl (C=O) groups is 1. The van der Waals surface area contributed by atoms with E-state index in [2.05, 4.69) is 44.3 Å². The molecule has 6 heteroatoms. The number of nitrogens with zero attached hydrogens (tertiary/aromatic N) is 4. The Balaban J connectivity index is 1.49. The Morgan fingerprint density at radius 2 is 1.88 bits per heavy atom. The fourth-order valence-corrected chi connectivity index (χ4v) is 2.91. The molecule has 1 aliphatic heterocycles. The first-order valence-corrected chi connectivity index (χ1v) is 8.80. The molecule has 2 aromatic rings. The van der Waals surface area contributed by atoms with Crippen LogP contribution in [0.1, 0.15) is 22.5 Å². The average molecular weight is 339 g/mol. The lowest BCUT2D eigenvalue weighted by molar-refractivity contribution is 0.0948. The van der Waals surface area contributed by atoms with Gasteiger partial charge in [0.25, 0.3) is 5.91 Å². The Hall–Kier alpha value is -2.47. The van der Waals surface area contributed by atoms with Crippen molar-refractivity contribution in [1.29, 1.82) is 0 Å². The molecular formula is C19H25N5O. The molecule has 1 fully saturated rings. The molecular weight excluding hydrogens is 314 g/mol. The van der Waals surface area contributed by atoms with Crippen molar-refractivity contribution in [1.82, 2.24) is 20.2 Å². The van der Waals surface area contributed by atoms with Gasteiger partial charge >= 0.3 is 0 Å². The highest BCUT2D eigenvalue weighted by atomic mass is 16.1. The predicted octanol–water partition coefficient (Wildman–Crippen LogP) is 1.59. The van der Waals surface area contributed by atoms with E-state index in [1.807, 2.05) is 18.2 Å². The monoisotopic (exact) mass is 339 g/mol. The zero-order valence-electron chi connectivity index (χ0n) is 14.7. The summed E-state index contributed by atoms with van der Waals surface area (Å²) in [6.45, 7) is 4.49. The Kier molecular flexibility index (Phi) is 5.95. The molecule has 2 heterocycles. The summed E-state index contributed by atoms with van der Waals surface area (Å²) in [6, 6.07) is 12.1. The largest absolute Gasteiger partial charge is 0.354 e. The lowest BCUT2D eigenvalue weighted by Crippen LogP contribution is -2.45. The molecule has 25 heavy (non-hydrogen) atoms. The van der Waals surface area contributed by atoms with Crippen molar-refractivity contribution >= 4 is 11.7 Å². The molecule has 1 aliphatic rings. The number of aryl methyl sites for hydroxylation is 1. The summed E-state index contributed by atoms with van der Waals surface area (Å²) in [4.78, 5) is 25.3. The van der Waals surface area contributed by atoms with Crippen LogP contribution in [0, 0.1) is 0 Å². The smallest absolute Gasteiger partial charge is 0.270 e. The van der Waals surface area contributed by atoms with Gasteiger partial charge in [-0.2, -0.15) is 0 Å². The summed E-state index contributed by atoms with van der Waals surface area (Å²) in [7, 11) is 2.12. The number of hydrogen-bond acceptors (Lipinski definition) is 5. The highest BCUT2D eigenvalue weighted by molar-refractivity contribution is 5.92. The molecule has 0 atom stereocenters. The quantitative estimate of drug-likeness (QED) is 0.810. The molecule has 1 amide bonds. The molecule has 0 radical (unpaired) electrons. The zero-order chi connectivity index (χ0) is 17.5. The molecule has 3 rings (SSSR count). The number of amides is 1. The van der Waals surface area contributed by atoms with E-state index in [-0.39, 0.29) is 5.91 Å². The van der Waals surface area contributed by atoms with E-state index >= 15 is 0 Å². The van der Waals surface area contributed by atoms with E-state index < -0.39 is 0 Å². The second kappa shape index (κ2) is 8.58. The molecule has 0 unspecified atom stereocenters. The number of rotatable bonds is 6. The van der Waals surface area contributed by atoms with E-state index in [9.17, 15) is 4.79 Å². The third-order valence-electron chi connectivity index (χ3n) is 4.48. The highest BCUT2D eigenvalue weighted by Crippen LogP contribution is 2.13. The third kappa shape index (κ3) is 5.00. The first kappa shape index (κ1) is 17.4. The summed E-state index contributed by atoms with van der Waals surface area (Å²) in [5.41, 5.74) is 1.72. The summed E-state index contributed by atoms with van der Waals surface area (Å²) in [5.74, 6) is 0.698. The Morgan fingerprint density at radius 1 is 1.12 bits per heavy atom. The summed E-state index contributed by atoms with van der Waals surface area (Å²) < 4.78 is 0. The van der Waals surface area contributed by atoms with Gasteiger partial charge in [-0.05, 0) is 25.5 Å². The van der Waals surface area contributed by atoms with Crippen molar-refractivity contribution in [3.8, 4) is 0 Å². The van der Waals surface area contributed by atoms with Gasteiger partial charge in [-0.25, -0.2) is 9.97 Å². The minimum Gasteiger partial charge on any atom is -0.354 e. The van der Waals surface area contributed by atoms with Crippen LogP contribution in [0.5, 0.6) is 0 Å². The van der Waals surface area contributed by atoms with Gasteiger partial charge in [-0.1, -0.05) is 30.3 Å². The van der Waals surface area contributed by atoms with Gasteiger partial charge in [0.05, 0.1) is 0 Å². The highest BCUT2D eigenvalue weighted by Gasteiger charge is 2.17. The Bertz CT molecular complexity index is 683. The second-order valence-electron chi connectivity index (χ2n) is 6.40. The van der Waals surface area contributed by atoms with Crippen molar-refractivity contribution in [2.45, 2.75) is 12.8 Å². The van der Waals surface area contributed by atoms with Crippen molar-refractivity contribution in [3.63, 3.8) is 0 Å². The Morgan fingerprint density at radius 3 is 2.64 bits per heavy atom.